The molecule has 0 saturated carbocycles. The fourth-order valence-electron chi connectivity index (χ4n) is 2.83. The monoisotopic (exact) mass is 239 g/mol. The Kier molecular flexibility index (Phi) is 3.23. The molecule has 2 amide bonds. The maximum atomic E-state index is 11.9. The highest BCUT2D eigenvalue weighted by atomic mass is 16.2. The molecule has 0 aliphatic carbocycles. The molecule has 2 aliphatic heterocycles. The zero-order valence-electron chi connectivity index (χ0n) is 10.7. The summed E-state index contributed by atoms with van der Waals surface area (Å²) in [7, 11) is 0. The minimum atomic E-state index is -0.599. The number of imide groups is 1. The number of nitrogens with one attached hydrogen (secondary N) is 2. The van der Waals surface area contributed by atoms with Gasteiger partial charge in [-0.2, -0.15) is 0 Å². The molecule has 2 atom stereocenters. The van der Waals surface area contributed by atoms with E-state index in [9.17, 15) is 9.59 Å². The molecule has 5 heteroatoms. The summed E-state index contributed by atoms with van der Waals surface area (Å²) in [5.41, 5.74) is -0.599. The molecule has 2 aliphatic rings. The molecular weight excluding hydrogens is 218 g/mol. The summed E-state index contributed by atoms with van der Waals surface area (Å²) in [6, 6.07) is 0.282. The minimum absolute atomic E-state index is 0.184. The van der Waals surface area contributed by atoms with Crippen LogP contribution in [0.5, 0.6) is 0 Å². The highest BCUT2D eigenvalue weighted by Gasteiger charge is 2.46. The van der Waals surface area contributed by atoms with Crippen molar-refractivity contribution in [3.05, 3.63) is 0 Å². The second kappa shape index (κ2) is 4.38. The Labute approximate surface area is 102 Å². The molecule has 0 aromatic heterocycles. The van der Waals surface area contributed by atoms with Crippen molar-refractivity contribution in [2.75, 3.05) is 19.6 Å². The second-order valence-electron chi connectivity index (χ2n) is 5.46. The number of piperazine rings is 1. The average molecular weight is 239 g/mol. The molecule has 2 heterocycles. The van der Waals surface area contributed by atoms with Crippen LogP contribution >= 0.6 is 0 Å². The first-order valence-electron chi connectivity index (χ1n) is 6.28. The fraction of sp³-hybridized carbons (Fsp3) is 0.833. The van der Waals surface area contributed by atoms with Gasteiger partial charge in [-0.1, -0.05) is 13.3 Å². The third kappa shape index (κ3) is 2.09. The van der Waals surface area contributed by atoms with Gasteiger partial charge in [-0.3, -0.25) is 19.8 Å². The van der Waals surface area contributed by atoms with Crippen LogP contribution in [0, 0.1) is 5.92 Å². The number of carbonyl (C=O) groups excluding carboxylic acids is 2. The largest absolute Gasteiger partial charge is 0.315 e. The van der Waals surface area contributed by atoms with Crippen LogP contribution in [-0.4, -0.2) is 47.9 Å². The van der Waals surface area contributed by atoms with Gasteiger partial charge in [0.1, 0.15) is 0 Å². The van der Waals surface area contributed by atoms with E-state index in [1.807, 2.05) is 13.8 Å². The molecule has 96 valence electrons. The SMILES string of the molecule is CCC1CNCC1N1CC(=O)NC(=O)C1(C)C. The molecule has 0 spiro atoms. The van der Waals surface area contributed by atoms with Gasteiger partial charge in [0.05, 0.1) is 12.1 Å². The van der Waals surface area contributed by atoms with Gasteiger partial charge in [0.25, 0.3) is 0 Å². The van der Waals surface area contributed by atoms with Crippen molar-refractivity contribution in [1.82, 2.24) is 15.5 Å². The van der Waals surface area contributed by atoms with Crippen molar-refractivity contribution >= 4 is 11.8 Å². The standard InChI is InChI=1S/C12H21N3O2/c1-4-8-5-13-6-9(8)15-7-10(16)14-11(17)12(15,2)3/h8-9,13H,4-7H2,1-3H3,(H,14,16,17). The molecule has 2 N–H and O–H groups in total. The Balaban J connectivity index is 2.22. The Bertz CT molecular complexity index is 341. The van der Waals surface area contributed by atoms with Crippen LogP contribution in [0.1, 0.15) is 27.2 Å². The Morgan fingerprint density at radius 2 is 2.06 bits per heavy atom. The van der Waals surface area contributed by atoms with Gasteiger partial charge in [-0.25, -0.2) is 0 Å². The first-order valence-corrected chi connectivity index (χ1v) is 6.28. The van der Waals surface area contributed by atoms with E-state index in [4.69, 9.17) is 0 Å². The van der Waals surface area contributed by atoms with Crippen LogP contribution in [0.15, 0.2) is 0 Å². The van der Waals surface area contributed by atoms with Gasteiger partial charge in [0, 0.05) is 12.6 Å². The number of amides is 2. The van der Waals surface area contributed by atoms with Gasteiger partial charge in [-0.05, 0) is 26.3 Å². The quantitative estimate of drug-likeness (QED) is 0.651. The number of hydrogen-bond donors (Lipinski definition) is 2. The minimum Gasteiger partial charge on any atom is -0.315 e. The van der Waals surface area contributed by atoms with Gasteiger partial charge in [0.2, 0.25) is 11.8 Å². The average Bonchev–Trinajstić information content (AvgIpc) is 2.71. The molecule has 5 nitrogen and oxygen atoms in total. The maximum absolute atomic E-state index is 11.9. The molecule has 0 bridgehead atoms. The highest BCUT2D eigenvalue weighted by Crippen LogP contribution is 2.28. The molecule has 0 aromatic rings. The van der Waals surface area contributed by atoms with E-state index in [0.717, 1.165) is 19.5 Å². The Morgan fingerprint density at radius 1 is 1.35 bits per heavy atom. The fourth-order valence-corrected chi connectivity index (χ4v) is 2.83. The number of carbonyl (C=O) groups is 2. The molecule has 2 saturated heterocycles. The summed E-state index contributed by atoms with van der Waals surface area (Å²) >= 11 is 0. The lowest BCUT2D eigenvalue weighted by atomic mass is 9.91. The highest BCUT2D eigenvalue weighted by molar-refractivity contribution is 6.03. The first-order chi connectivity index (χ1) is 7.96. The summed E-state index contributed by atoms with van der Waals surface area (Å²) in [6.45, 7) is 8.09. The number of hydrogen-bond acceptors (Lipinski definition) is 4. The number of rotatable bonds is 2. The molecule has 2 fully saturated rings. The van der Waals surface area contributed by atoms with Crippen molar-refractivity contribution in [1.29, 1.82) is 0 Å². The molecule has 2 rings (SSSR count). The maximum Gasteiger partial charge on any atom is 0.246 e. The van der Waals surface area contributed by atoms with Gasteiger partial charge < -0.3 is 5.32 Å². The normalized spacial score (nSPS) is 33.8. The van der Waals surface area contributed by atoms with Crippen LogP contribution in [-0.2, 0) is 9.59 Å². The van der Waals surface area contributed by atoms with Gasteiger partial charge in [-0.15, -0.1) is 0 Å². The molecule has 2 unspecified atom stereocenters. The summed E-state index contributed by atoms with van der Waals surface area (Å²) in [4.78, 5) is 25.5. The lowest BCUT2D eigenvalue weighted by Gasteiger charge is -2.45. The van der Waals surface area contributed by atoms with E-state index in [1.165, 1.54) is 0 Å². The first kappa shape index (κ1) is 12.5. The van der Waals surface area contributed by atoms with Crippen LogP contribution in [0.2, 0.25) is 0 Å². The van der Waals surface area contributed by atoms with Crippen molar-refractivity contribution in [2.45, 2.75) is 38.8 Å². The third-order valence-electron chi connectivity index (χ3n) is 4.07. The topological polar surface area (TPSA) is 61.4 Å². The lowest BCUT2D eigenvalue weighted by molar-refractivity contribution is -0.147. The second-order valence-corrected chi connectivity index (χ2v) is 5.46. The molecular formula is C12H21N3O2. The van der Waals surface area contributed by atoms with E-state index in [-0.39, 0.29) is 17.9 Å². The van der Waals surface area contributed by atoms with E-state index >= 15 is 0 Å². The molecule has 0 radical (unpaired) electrons. The zero-order chi connectivity index (χ0) is 12.6. The van der Waals surface area contributed by atoms with Crippen molar-refractivity contribution < 1.29 is 9.59 Å². The Hall–Kier alpha value is -0.940. The van der Waals surface area contributed by atoms with E-state index < -0.39 is 5.54 Å². The van der Waals surface area contributed by atoms with Crippen molar-refractivity contribution in [2.24, 2.45) is 5.92 Å². The van der Waals surface area contributed by atoms with Crippen molar-refractivity contribution in [3.8, 4) is 0 Å². The van der Waals surface area contributed by atoms with E-state index in [1.54, 1.807) is 0 Å². The summed E-state index contributed by atoms with van der Waals surface area (Å²) in [5.74, 6) is 0.152. The summed E-state index contributed by atoms with van der Waals surface area (Å²) in [6.07, 6.45) is 1.07. The lowest BCUT2D eigenvalue weighted by Crippen LogP contribution is -2.67. The predicted molar refractivity (Wildman–Crippen MR) is 64.4 cm³/mol. The van der Waals surface area contributed by atoms with E-state index in [0.29, 0.717) is 12.5 Å². The molecule has 0 aromatic carbocycles. The van der Waals surface area contributed by atoms with Crippen molar-refractivity contribution in [3.63, 3.8) is 0 Å². The zero-order valence-corrected chi connectivity index (χ0v) is 10.7. The van der Waals surface area contributed by atoms with Crippen LogP contribution < -0.4 is 10.6 Å². The molecule has 17 heavy (non-hydrogen) atoms. The Morgan fingerprint density at radius 3 is 2.71 bits per heavy atom. The summed E-state index contributed by atoms with van der Waals surface area (Å²) < 4.78 is 0. The van der Waals surface area contributed by atoms with Crippen LogP contribution in [0.25, 0.3) is 0 Å². The van der Waals surface area contributed by atoms with Crippen LogP contribution in [0.3, 0.4) is 0 Å². The number of nitrogens with zero attached hydrogens (tertiary/aromatic N) is 1. The van der Waals surface area contributed by atoms with Crippen LogP contribution in [0.4, 0.5) is 0 Å². The summed E-state index contributed by atoms with van der Waals surface area (Å²) in [5, 5.41) is 5.77. The predicted octanol–water partition coefficient (Wildman–Crippen LogP) is -0.279. The van der Waals surface area contributed by atoms with E-state index in [2.05, 4.69) is 22.5 Å². The smallest absolute Gasteiger partial charge is 0.246 e. The van der Waals surface area contributed by atoms with Gasteiger partial charge in [0.15, 0.2) is 0 Å². The van der Waals surface area contributed by atoms with Gasteiger partial charge >= 0.3 is 0 Å². The third-order valence-corrected chi connectivity index (χ3v) is 4.07.